The van der Waals surface area contributed by atoms with Gasteiger partial charge in [0.25, 0.3) is 0 Å². The van der Waals surface area contributed by atoms with Crippen LogP contribution in [0.15, 0.2) is 42.3 Å². The van der Waals surface area contributed by atoms with E-state index in [9.17, 15) is 0 Å². The minimum absolute atomic E-state index is 0.458. The lowest BCUT2D eigenvalue weighted by molar-refractivity contribution is 0.409. The summed E-state index contributed by atoms with van der Waals surface area (Å²) in [5.41, 5.74) is 6.77. The number of fused-ring (bicyclic) bond motifs is 3. The maximum absolute atomic E-state index is 6.22. The third-order valence-corrected chi connectivity index (χ3v) is 3.08. The van der Waals surface area contributed by atoms with Gasteiger partial charge in [-0.1, -0.05) is 35.9 Å². The normalized spacial score (nSPS) is 14.2. The molecule has 0 saturated heterocycles. The van der Waals surface area contributed by atoms with Crippen LogP contribution in [0.3, 0.4) is 0 Å². The molecule has 0 unspecified atom stereocenters. The van der Waals surface area contributed by atoms with E-state index in [0.717, 1.165) is 33.5 Å². The second-order valence-electron chi connectivity index (χ2n) is 3.80. The highest BCUT2D eigenvalue weighted by Gasteiger charge is 2.15. The van der Waals surface area contributed by atoms with Gasteiger partial charge in [-0.15, -0.1) is 0 Å². The summed E-state index contributed by atoms with van der Waals surface area (Å²) in [6, 6.07) is 9.86. The Labute approximate surface area is 98.3 Å². The number of benzene rings is 2. The van der Waals surface area contributed by atoms with Crippen LogP contribution in [-0.2, 0) is 6.42 Å². The van der Waals surface area contributed by atoms with E-state index in [-0.39, 0.29) is 0 Å². The quantitative estimate of drug-likeness (QED) is 0.756. The van der Waals surface area contributed by atoms with Crippen molar-refractivity contribution in [2.75, 3.05) is 0 Å². The number of allylic oxidation sites excluding steroid dienone is 1. The highest BCUT2D eigenvalue weighted by Crippen LogP contribution is 2.37. The fourth-order valence-corrected chi connectivity index (χ4v) is 2.30. The summed E-state index contributed by atoms with van der Waals surface area (Å²) in [5, 5.41) is 2.77. The molecule has 0 aliphatic carbocycles. The van der Waals surface area contributed by atoms with Gasteiger partial charge in [0, 0.05) is 21.4 Å². The lowest BCUT2D eigenvalue weighted by Crippen LogP contribution is -2.12. The summed E-state index contributed by atoms with van der Waals surface area (Å²) < 4.78 is 5.58. The van der Waals surface area contributed by atoms with E-state index in [0.29, 0.717) is 5.88 Å². The van der Waals surface area contributed by atoms with Crippen molar-refractivity contribution in [3.8, 4) is 5.75 Å². The highest BCUT2D eigenvalue weighted by molar-refractivity contribution is 6.36. The molecule has 80 valence electrons. The van der Waals surface area contributed by atoms with Crippen LogP contribution in [0.1, 0.15) is 5.56 Å². The number of nitrogens with two attached hydrogens (primary N) is 1. The molecule has 0 spiro atoms. The van der Waals surface area contributed by atoms with Crippen LogP contribution >= 0.6 is 11.6 Å². The first-order valence-corrected chi connectivity index (χ1v) is 5.47. The lowest BCUT2D eigenvalue weighted by Gasteiger charge is -2.18. The van der Waals surface area contributed by atoms with Crippen molar-refractivity contribution >= 4 is 22.4 Å². The first-order chi connectivity index (χ1) is 7.75. The van der Waals surface area contributed by atoms with Gasteiger partial charge in [-0.2, -0.15) is 0 Å². The molecule has 0 amide bonds. The Bertz CT molecular complexity index is 604. The number of hydrogen-bond acceptors (Lipinski definition) is 2. The van der Waals surface area contributed by atoms with Crippen LogP contribution in [0.5, 0.6) is 5.75 Å². The van der Waals surface area contributed by atoms with E-state index in [2.05, 4.69) is 0 Å². The first-order valence-electron chi connectivity index (χ1n) is 5.09. The van der Waals surface area contributed by atoms with Crippen LogP contribution in [-0.4, -0.2) is 0 Å². The van der Waals surface area contributed by atoms with Crippen molar-refractivity contribution < 1.29 is 4.74 Å². The van der Waals surface area contributed by atoms with E-state index in [1.54, 1.807) is 0 Å². The fraction of sp³-hybridized carbons (Fsp3) is 0.0769. The van der Waals surface area contributed by atoms with Gasteiger partial charge < -0.3 is 10.5 Å². The molecule has 0 aromatic heterocycles. The van der Waals surface area contributed by atoms with Crippen molar-refractivity contribution in [3.05, 3.63) is 52.9 Å². The summed E-state index contributed by atoms with van der Waals surface area (Å²) in [5.74, 6) is 1.29. The van der Waals surface area contributed by atoms with Crippen LogP contribution in [0.25, 0.3) is 10.8 Å². The molecule has 0 saturated carbocycles. The van der Waals surface area contributed by atoms with Crippen molar-refractivity contribution in [2.24, 2.45) is 5.73 Å². The molecule has 0 radical (unpaired) electrons. The zero-order chi connectivity index (χ0) is 11.1. The Kier molecular flexibility index (Phi) is 2.04. The van der Waals surface area contributed by atoms with Gasteiger partial charge in [0.05, 0.1) is 0 Å². The second kappa shape index (κ2) is 3.42. The Balaban J connectivity index is 2.36. The van der Waals surface area contributed by atoms with Crippen molar-refractivity contribution in [3.63, 3.8) is 0 Å². The molecule has 16 heavy (non-hydrogen) atoms. The predicted molar refractivity (Wildman–Crippen MR) is 65.6 cm³/mol. The molecule has 1 heterocycles. The second-order valence-corrected chi connectivity index (χ2v) is 4.21. The monoisotopic (exact) mass is 231 g/mol. The maximum atomic E-state index is 6.22. The van der Waals surface area contributed by atoms with Crippen LogP contribution in [0, 0.1) is 0 Å². The Morgan fingerprint density at radius 1 is 1.19 bits per heavy atom. The average Bonchev–Trinajstić information content (AvgIpc) is 2.31. The molecular weight excluding hydrogens is 222 g/mol. The van der Waals surface area contributed by atoms with E-state index >= 15 is 0 Å². The van der Waals surface area contributed by atoms with Gasteiger partial charge in [-0.3, -0.25) is 0 Å². The van der Waals surface area contributed by atoms with Gasteiger partial charge in [-0.05, 0) is 18.6 Å². The van der Waals surface area contributed by atoms with Gasteiger partial charge in [0.15, 0.2) is 5.88 Å². The smallest absolute Gasteiger partial charge is 0.187 e. The summed E-state index contributed by atoms with van der Waals surface area (Å²) in [6.45, 7) is 0. The largest absolute Gasteiger partial charge is 0.441 e. The summed E-state index contributed by atoms with van der Waals surface area (Å²) >= 11 is 6.22. The van der Waals surface area contributed by atoms with Crippen molar-refractivity contribution in [1.29, 1.82) is 0 Å². The minimum Gasteiger partial charge on any atom is -0.441 e. The molecule has 3 heteroatoms. The van der Waals surface area contributed by atoms with Crippen LogP contribution < -0.4 is 10.5 Å². The van der Waals surface area contributed by atoms with Gasteiger partial charge in [-0.25, -0.2) is 0 Å². The molecule has 2 aromatic carbocycles. The fourth-order valence-electron chi connectivity index (χ4n) is 2.00. The standard InChI is InChI=1S/C13H10ClNO/c14-11-7-8-5-6-12(15)16-13(8)10-4-2-1-3-9(10)11/h1-4,6-7H,5,15H2. The summed E-state index contributed by atoms with van der Waals surface area (Å²) in [6.07, 6.45) is 2.62. The molecule has 0 fully saturated rings. The minimum atomic E-state index is 0.458. The highest BCUT2D eigenvalue weighted by atomic mass is 35.5. The van der Waals surface area contributed by atoms with E-state index in [1.807, 2.05) is 36.4 Å². The molecule has 1 aliphatic heterocycles. The third kappa shape index (κ3) is 1.34. The van der Waals surface area contributed by atoms with E-state index < -0.39 is 0 Å². The molecule has 0 bridgehead atoms. The molecule has 1 aliphatic rings. The SMILES string of the molecule is NC1=CCc2cc(Cl)c3ccccc3c2O1. The zero-order valence-electron chi connectivity index (χ0n) is 8.53. The van der Waals surface area contributed by atoms with Gasteiger partial charge in [0.2, 0.25) is 0 Å². The van der Waals surface area contributed by atoms with Crippen molar-refractivity contribution in [2.45, 2.75) is 6.42 Å². The van der Waals surface area contributed by atoms with Crippen LogP contribution in [0.2, 0.25) is 5.02 Å². The van der Waals surface area contributed by atoms with E-state index in [1.165, 1.54) is 0 Å². The molecular formula is C13H10ClNO. The molecule has 0 atom stereocenters. The molecule has 2 nitrogen and oxygen atoms in total. The number of rotatable bonds is 0. The Morgan fingerprint density at radius 3 is 2.75 bits per heavy atom. The van der Waals surface area contributed by atoms with E-state index in [4.69, 9.17) is 22.1 Å². The Hall–Kier alpha value is -1.67. The van der Waals surface area contributed by atoms with Crippen LogP contribution in [0.4, 0.5) is 0 Å². The van der Waals surface area contributed by atoms with Crippen molar-refractivity contribution in [1.82, 2.24) is 0 Å². The number of halogens is 1. The van der Waals surface area contributed by atoms with Gasteiger partial charge >= 0.3 is 0 Å². The maximum Gasteiger partial charge on any atom is 0.187 e. The average molecular weight is 232 g/mol. The zero-order valence-corrected chi connectivity index (χ0v) is 9.29. The third-order valence-electron chi connectivity index (χ3n) is 2.76. The summed E-state index contributed by atoms with van der Waals surface area (Å²) in [7, 11) is 0. The topological polar surface area (TPSA) is 35.2 Å². The number of ether oxygens (including phenoxy) is 1. The molecule has 2 N–H and O–H groups in total. The van der Waals surface area contributed by atoms with Gasteiger partial charge in [0.1, 0.15) is 5.75 Å². The summed E-state index contributed by atoms with van der Waals surface area (Å²) in [4.78, 5) is 0. The lowest BCUT2D eigenvalue weighted by atomic mass is 10.0. The molecule has 2 aromatic rings. The number of hydrogen-bond donors (Lipinski definition) is 1. The predicted octanol–water partition coefficient (Wildman–Crippen LogP) is 3.23. The molecule has 3 rings (SSSR count). The Morgan fingerprint density at radius 2 is 1.94 bits per heavy atom. The first kappa shape index (κ1) is 9.55.